The summed E-state index contributed by atoms with van der Waals surface area (Å²) in [5.74, 6) is -0.306. The molecule has 0 unspecified atom stereocenters. The van der Waals surface area contributed by atoms with Crippen molar-refractivity contribution in [3.8, 4) is 5.88 Å². The van der Waals surface area contributed by atoms with Gasteiger partial charge < -0.3 is 10.5 Å². The Morgan fingerprint density at radius 2 is 1.76 bits per heavy atom. The van der Waals surface area contributed by atoms with E-state index in [0.29, 0.717) is 18.6 Å². The molecule has 7 heteroatoms. The van der Waals surface area contributed by atoms with Gasteiger partial charge >= 0.3 is 6.18 Å². The van der Waals surface area contributed by atoms with E-state index in [1.807, 2.05) is 0 Å². The van der Waals surface area contributed by atoms with Crippen molar-refractivity contribution in [3.63, 3.8) is 0 Å². The number of alkyl halides is 3. The monoisotopic (exact) mass is 305 g/mol. The lowest BCUT2D eigenvalue weighted by Gasteiger charge is -2.30. The van der Waals surface area contributed by atoms with Crippen LogP contribution in [-0.4, -0.2) is 35.1 Å². The van der Waals surface area contributed by atoms with Crippen LogP contribution in [0.5, 0.6) is 5.88 Å². The van der Waals surface area contributed by atoms with E-state index in [2.05, 4.69) is 37.6 Å². The number of halogens is 3. The topological polar surface area (TPSA) is 51.4 Å². The second kappa shape index (κ2) is 6.98. The Balaban J connectivity index is 2.70. The highest BCUT2D eigenvalue weighted by Gasteiger charge is 2.31. The zero-order valence-electron chi connectivity index (χ0n) is 12.7. The molecule has 21 heavy (non-hydrogen) atoms. The summed E-state index contributed by atoms with van der Waals surface area (Å²) in [6, 6.07) is 2.31. The van der Waals surface area contributed by atoms with Crippen molar-refractivity contribution in [1.29, 1.82) is 0 Å². The Morgan fingerprint density at radius 3 is 2.24 bits per heavy atom. The van der Waals surface area contributed by atoms with Crippen LogP contribution in [0.25, 0.3) is 0 Å². The fourth-order valence-electron chi connectivity index (χ4n) is 2.13. The molecular formula is C14H22F3N3O. The van der Waals surface area contributed by atoms with Gasteiger partial charge in [-0.2, -0.15) is 18.2 Å². The lowest BCUT2D eigenvalue weighted by atomic mass is 10.2. The smallest absolute Gasteiger partial charge is 0.416 e. The third kappa shape index (κ3) is 5.41. The van der Waals surface area contributed by atoms with Gasteiger partial charge in [0.15, 0.2) is 0 Å². The summed E-state index contributed by atoms with van der Waals surface area (Å²) in [6.07, 6.45) is -4.46. The maximum Gasteiger partial charge on any atom is 0.416 e. The third-order valence-electron chi connectivity index (χ3n) is 3.07. The van der Waals surface area contributed by atoms with Gasteiger partial charge in [-0.1, -0.05) is 0 Å². The normalized spacial score (nSPS) is 12.5. The first-order valence-electron chi connectivity index (χ1n) is 6.84. The van der Waals surface area contributed by atoms with Crippen LogP contribution in [0, 0.1) is 0 Å². The van der Waals surface area contributed by atoms with E-state index in [-0.39, 0.29) is 18.3 Å². The van der Waals surface area contributed by atoms with E-state index in [4.69, 9.17) is 10.5 Å². The number of nitrogens with zero attached hydrogens (tertiary/aromatic N) is 2. The Bertz CT molecular complexity index is 453. The lowest BCUT2D eigenvalue weighted by Crippen LogP contribution is -2.39. The van der Waals surface area contributed by atoms with E-state index in [1.54, 1.807) is 0 Å². The maximum atomic E-state index is 12.7. The summed E-state index contributed by atoms with van der Waals surface area (Å²) in [5, 5.41) is 0. The van der Waals surface area contributed by atoms with Crippen molar-refractivity contribution in [2.75, 3.05) is 18.9 Å². The van der Waals surface area contributed by atoms with Crippen LogP contribution in [0.15, 0.2) is 12.1 Å². The number of pyridine rings is 1. The fourth-order valence-corrected chi connectivity index (χ4v) is 2.13. The summed E-state index contributed by atoms with van der Waals surface area (Å²) >= 11 is 0. The Hall–Kier alpha value is -1.50. The van der Waals surface area contributed by atoms with E-state index >= 15 is 0 Å². The first-order valence-corrected chi connectivity index (χ1v) is 6.84. The van der Waals surface area contributed by atoms with Crippen molar-refractivity contribution >= 4 is 5.82 Å². The van der Waals surface area contributed by atoms with E-state index in [0.717, 1.165) is 12.1 Å². The summed E-state index contributed by atoms with van der Waals surface area (Å²) < 4.78 is 43.3. The third-order valence-corrected chi connectivity index (χ3v) is 3.07. The van der Waals surface area contributed by atoms with Crippen LogP contribution in [0.4, 0.5) is 19.0 Å². The SMILES string of the molecule is CC(C)N(CCOc1cc(C(F)(F)F)cc(N)n1)C(C)C. The van der Waals surface area contributed by atoms with E-state index in [9.17, 15) is 13.2 Å². The maximum absolute atomic E-state index is 12.7. The van der Waals surface area contributed by atoms with Gasteiger partial charge in [-0.05, 0) is 33.8 Å². The van der Waals surface area contributed by atoms with Crippen molar-refractivity contribution in [2.45, 2.75) is 46.0 Å². The van der Waals surface area contributed by atoms with Crippen LogP contribution in [-0.2, 0) is 6.18 Å². The van der Waals surface area contributed by atoms with Gasteiger partial charge in [-0.3, -0.25) is 4.90 Å². The molecule has 0 aromatic carbocycles. The van der Waals surface area contributed by atoms with Crippen molar-refractivity contribution in [1.82, 2.24) is 9.88 Å². The number of aromatic nitrogens is 1. The summed E-state index contributed by atoms with van der Waals surface area (Å²) in [7, 11) is 0. The highest BCUT2D eigenvalue weighted by Crippen LogP contribution is 2.31. The Kier molecular flexibility index (Phi) is 5.83. The molecule has 1 heterocycles. The molecule has 0 amide bonds. The molecule has 4 nitrogen and oxygen atoms in total. The highest BCUT2D eigenvalue weighted by molar-refractivity contribution is 5.38. The highest BCUT2D eigenvalue weighted by atomic mass is 19.4. The molecule has 0 aliphatic heterocycles. The molecule has 1 rings (SSSR count). The van der Waals surface area contributed by atoms with E-state index < -0.39 is 11.7 Å². The van der Waals surface area contributed by atoms with Gasteiger partial charge in [-0.25, -0.2) is 0 Å². The van der Waals surface area contributed by atoms with Gasteiger partial charge in [0, 0.05) is 24.7 Å². The van der Waals surface area contributed by atoms with Crippen molar-refractivity contribution in [3.05, 3.63) is 17.7 Å². The Morgan fingerprint density at radius 1 is 1.19 bits per heavy atom. The first-order chi connectivity index (χ1) is 9.61. The number of anilines is 1. The van der Waals surface area contributed by atoms with Gasteiger partial charge in [0.1, 0.15) is 12.4 Å². The number of hydrogen-bond acceptors (Lipinski definition) is 4. The molecule has 0 radical (unpaired) electrons. The van der Waals surface area contributed by atoms with Gasteiger partial charge in [0.05, 0.1) is 5.56 Å². The summed E-state index contributed by atoms with van der Waals surface area (Å²) in [4.78, 5) is 5.95. The molecule has 0 aliphatic carbocycles. The molecule has 1 aromatic rings. The summed E-state index contributed by atoms with van der Waals surface area (Å²) in [5.41, 5.74) is 4.53. The number of ether oxygens (including phenoxy) is 1. The van der Waals surface area contributed by atoms with Crippen LogP contribution in [0.3, 0.4) is 0 Å². The molecule has 0 fully saturated rings. The minimum atomic E-state index is -4.46. The largest absolute Gasteiger partial charge is 0.476 e. The second-order valence-electron chi connectivity index (χ2n) is 5.39. The van der Waals surface area contributed by atoms with Gasteiger partial charge in [0.25, 0.3) is 0 Å². The van der Waals surface area contributed by atoms with Gasteiger partial charge in [-0.15, -0.1) is 0 Å². The van der Waals surface area contributed by atoms with Gasteiger partial charge in [0.2, 0.25) is 5.88 Å². The van der Waals surface area contributed by atoms with Crippen LogP contribution in [0.1, 0.15) is 33.3 Å². The molecule has 0 saturated carbocycles. The molecule has 0 spiro atoms. The fraction of sp³-hybridized carbons (Fsp3) is 0.643. The van der Waals surface area contributed by atoms with E-state index in [1.165, 1.54) is 0 Å². The van der Waals surface area contributed by atoms with Crippen LogP contribution < -0.4 is 10.5 Å². The van der Waals surface area contributed by atoms with Crippen LogP contribution >= 0.6 is 0 Å². The molecule has 0 atom stereocenters. The molecule has 0 saturated heterocycles. The molecule has 0 aliphatic rings. The zero-order valence-corrected chi connectivity index (χ0v) is 12.7. The van der Waals surface area contributed by atoms with Crippen molar-refractivity contribution in [2.24, 2.45) is 0 Å². The molecule has 120 valence electrons. The van der Waals surface area contributed by atoms with Crippen molar-refractivity contribution < 1.29 is 17.9 Å². The zero-order chi connectivity index (χ0) is 16.2. The predicted molar refractivity (Wildman–Crippen MR) is 76.1 cm³/mol. The molecule has 1 aromatic heterocycles. The lowest BCUT2D eigenvalue weighted by molar-refractivity contribution is -0.137. The summed E-state index contributed by atoms with van der Waals surface area (Å²) in [6.45, 7) is 9.08. The first kappa shape index (κ1) is 17.6. The number of nitrogens with two attached hydrogens (primary N) is 1. The molecule has 0 bridgehead atoms. The number of hydrogen-bond donors (Lipinski definition) is 1. The minimum Gasteiger partial charge on any atom is -0.476 e. The average molecular weight is 305 g/mol. The number of nitrogen functional groups attached to an aromatic ring is 1. The van der Waals surface area contributed by atoms with Crippen LogP contribution in [0.2, 0.25) is 0 Å². The average Bonchev–Trinajstić information content (AvgIpc) is 2.31. The minimum absolute atomic E-state index is 0.102. The Labute approximate surface area is 123 Å². The molecule has 2 N–H and O–H groups in total. The quantitative estimate of drug-likeness (QED) is 0.877. The standard InChI is InChI=1S/C14H22F3N3O/c1-9(2)20(10(3)4)5-6-21-13-8-11(14(15,16)17)7-12(18)19-13/h7-10H,5-6H2,1-4H3,(H2,18,19). The predicted octanol–water partition coefficient (Wildman–Crippen LogP) is 3.18. The number of rotatable bonds is 6. The molecular weight excluding hydrogens is 283 g/mol. The second-order valence-corrected chi connectivity index (χ2v) is 5.39.